The summed E-state index contributed by atoms with van der Waals surface area (Å²) < 4.78 is 0. The first-order valence-electron chi connectivity index (χ1n) is 15.0. The van der Waals surface area contributed by atoms with Crippen LogP contribution in [0.5, 0.6) is 0 Å². The molecule has 4 heterocycles. The summed E-state index contributed by atoms with van der Waals surface area (Å²) in [5.41, 5.74) is 8.27. The Hall–Kier alpha value is -2.76. The van der Waals surface area contributed by atoms with Crippen LogP contribution in [0, 0.1) is 13.8 Å². The topological polar surface area (TPSA) is 150 Å². The van der Waals surface area contributed by atoms with Crippen LogP contribution in [-0.2, 0) is 0 Å². The van der Waals surface area contributed by atoms with Gasteiger partial charge in [0, 0.05) is 12.1 Å². The highest BCUT2D eigenvalue weighted by Crippen LogP contribution is 2.23. The van der Waals surface area contributed by atoms with Gasteiger partial charge in [0.05, 0.1) is 10.0 Å². The molecule has 1 amide bonds. The second kappa shape index (κ2) is 15.5. The van der Waals surface area contributed by atoms with Gasteiger partial charge in [-0.05, 0) is 51.7 Å². The zero-order valence-corrected chi connectivity index (χ0v) is 25.9. The molecule has 9 nitrogen and oxygen atoms in total. The molecule has 0 bridgehead atoms. The standard InChI is InChI=1S/C15H21N3OS.C8H17N.C7H6N2O2S/c1-10-16-13-9-12(18-15(13)20-10)14(19)17-11-7-5-3-2-4-6-8-11;9-8-6-4-2-1-3-5-7-8;1-3-8-4-2-5(7(10)11)9-6(4)12-3/h9,11,18H,2-8H2,1H3,(H,17,19);8H,1-7,9H2;2,9H,1H3,(H,10,11). The van der Waals surface area contributed by atoms with E-state index in [1.807, 2.05) is 19.9 Å². The van der Waals surface area contributed by atoms with Gasteiger partial charge in [0.15, 0.2) is 0 Å². The van der Waals surface area contributed by atoms with E-state index >= 15 is 0 Å². The normalized spacial score (nSPS) is 17.3. The molecule has 2 aliphatic carbocycles. The fourth-order valence-electron chi connectivity index (χ4n) is 5.44. The fraction of sp³-hybridized carbons (Fsp3) is 0.600. The molecule has 0 aliphatic heterocycles. The number of carboxylic acid groups (broad SMARTS) is 1. The summed E-state index contributed by atoms with van der Waals surface area (Å²) in [6.45, 7) is 3.87. The second-order valence-corrected chi connectivity index (χ2v) is 13.6. The zero-order valence-electron chi connectivity index (χ0n) is 24.3. The van der Waals surface area contributed by atoms with E-state index < -0.39 is 5.97 Å². The minimum atomic E-state index is -0.946. The Morgan fingerprint density at radius 2 is 1.22 bits per heavy atom. The van der Waals surface area contributed by atoms with Crippen LogP contribution < -0.4 is 11.1 Å². The van der Waals surface area contributed by atoms with Gasteiger partial charge in [-0.1, -0.05) is 64.2 Å². The zero-order chi connectivity index (χ0) is 29.2. The van der Waals surface area contributed by atoms with Gasteiger partial charge in [-0.3, -0.25) is 4.79 Å². The van der Waals surface area contributed by atoms with Crippen molar-refractivity contribution in [2.24, 2.45) is 5.73 Å². The van der Waals surface area contributed by atoms with E-state index in [2.05, 4.69) is 25.3 Å². The van der Waals surface area contributed by atoms with E-state index in [0.717, 1.165) is 43.6 Å². The Bertz CT molecular complexity index is 1320. The van der Waals surface area contributed by atoms with Gasteiger partial charge in [-0.2, -0.15) is 0 Å². The Labute approximate surface area is 249 Å². The maximum absolute atomic E-state index is 12.3. The van der Waals surface area contributed by atoms with Crippen LogP contribution in [0.2, 0.25) is 0 Å². The number of thiazole rings is 2. The Morgan fingerprint density at radius 1 is 0.780 bits per heavy atom. The van der Waals surface area contributed by atoms with Crippen LogP contribution in [-0.4, -0.2) is 49.0 Å². The third-order valence-electron chi connectivity index (χ3n) is 7.64. The highest BCUT2D eigenvalue weighted by Gasteiger charge is 2.17. The van der Waals surface area contributed by atoms with Gasteiger partial charge < -0.3 is 26.1 Å². The SMILES string of the molecule is Cc1nc2cc(C(=O)NC3CCCCCCC3)[nH]c2s1.Cc1nc2cc(C(=O)O)[nH]c2s1.NC1CCCCCCC1. The predicted octanol–water partition coefficient (Wildman–Crippen LogP) is 7.46. The number of hydrogen-bond acceptors (Lipinski definition) is 7. The lowest BCUT2D eigenvalue weighted by Crippen LogP contribution is -2.35. The lowest BCUT2D eigenvalue weighted by Gasteiger charge is -2.20. The molecule has 4 aromatic rings. The van der Waals surface area contributed by atoms with Gasteiger partial charge >= 0.3 is 5.97 Å². The molecule has 0 spiro atoms. The summed E-state index contributed by atoms with van der Waals surface area (Å²) in [4.78, 5) is 39.1. The molecule has 2 aliphatic rings. The van der Waals surface area contributed by atoms with Gasteiger partial charge in [0.25, 0.3) is 5.91 Å². The lowest BCUT2D eigenvalue weighted by molar-refractivity contribution is 0.0691. The number of amides is 1. The molecule has 2 saturated carbocycles. The average Bonchev–Trinajstić information content (AvgIpc) is 3.63. The first-order chi connectivity index (χ1) is 19.8. The summed E-state index contributed by atoms with van der Waals surface area (Å²) in [6.07, 6.45) is 18.1. The number of carboxylic acids is 1. The van der Waals surface area contributed by atoms with Crippen LogP contribution in [0.15, 0.2) is 12.1 Å². The molecule has 0 atom stereocenters. The number of rotatable bonds is 3. The third kappa shape index (κ3) is 9.65. The molecular weight excluding hydrogens is 557 g/mol. The molecule has 11 heteroatoms. The number of carbonyl (C=O) groups excluding carboxylic acids is 1. The van der Waals surface area contributed by atoms with Crippen molar-refractivity contribution in [1.29, 1.82) is 0 Å². The number of carbonyl (C=O) groups is 2. The van der Waals surface area contributed by atoms with Crippen LogP contribution in [0.3, 0.4) is 0 Å². The van der Waals surface area contributed by atoms with Crippen molar-refractivity contribution in [2.45, 2.75) is 116 Å². The summed E-state index contributed by atoms with van der Waals surface area (Å²) in [5, 5.41) is 13.8. The molecule has 4 aromatic heterocycles. The van der Waals surface area contributed by atoms with Crippen molar-refractivity contribution < 1.29 is 14.7 Å². The van der Waals surface area contributed by atoms with E-state index in [1.165, 1.54) is 88.4 Å². The summed E-state index contributed by atoms with van der Waals surface area (Å²) in [5.74, 6) is -0.934. The minimum Gasteiger partial charge on any atom is -0.477 e. The molecule has 41 heavy (non-hydrogen) atoms. The Kier molecular flexibility index (Phi) is 11.8. The Balaban J connectivity index is 0.000000156. The van der Waals surface area contributed by atoms with Gasteiger partial charge in [-0.25, -0.2) is 14.8 Å². The molecule has 0 unspecified atom stereocenters. The number of aromatic amines is 2. The van der Waals surface area contributed by atoms with Crippen molar-refractivity contribution in [3.63, 3.8) is 0 Å². The number of nitrogens with zero attached hydrogens (tertiary/aromatic N) is 2. The van der Waals surface area contributed by atoms with Crippen molar-refractivity contribution in [3.8, 4) is 0 Å². The summed E-state index contributed by atoms with van der Waals surface area (Å²) in [6, 6.07) is 4.25. The van der Waals surface area contributed by atoms with Crippen LogP contribution >= 0.6 is 22.7 Å². The maximum atomic E-state index is 12.3. The number of H-pyrrole nitrogens is 2. The van der Waals surface area contributed by atoms with Gasteiger partial charge in [0.1, 0.15) is 32.1 Å². The van der Waals surface area contributed by atoms with E-state index in [0.29, 0.717) is 17.8 Å². The van der Waals surface area contributed by atoms with Gasteiger partial charge in [0.2, 0.25) is 0 Å². The molecule has 0 radical (unpaired) electrons. The van der Waals surface area contributed by atoms with Crippen molar-refractivity contribution in [2.75, 3.05) is 0 Å². The smallest absolute Gasteiger partial charge is 0.352 e. The number of nitrogens with two attached hydrogens (primary N) is 1. The van der Waals surface area contributed by atoms with Crippen molar-refractivity contribution in [3.05, 3.63) is 33.5 Å². The summed E-state index contributed by atoms with van der Waals surface area (Å²) >= 11 is 3.06. The van der Waals surface area contributed by atoms with Crippen LogP contribution in [0.4, 0.5) is 0 Å². The Morgan fingerprint density at radius 3 is 1.71 bits per heavy atom. The molecule has 0 saturated heterocycles. The first kappa shape index (κ1) is 31.2. The number of aromatic nitrogens is 4. The predicted molar refractivity (Wildman–Crippen MR) is 168 cm³/mol. The highest BCUT2D eigenvalue weighted by atomic mass is 32.1. The fourth-order valence-corrected chi connectivity index (χ4v) is 7.06. The van der Waals surface area contributed by atoms with Crippen molar-refractivity contribution >= 4 is 55.2 Å². The van der Waals surface area contributed by atoms with Crippen molar-refractivity contribution in [1.82, 2.24) is 25.3 Å². The lowest BCUT2D eigenvalue weighted by atomic mass is 9.96. The molecule has 2 fully saturated rings. The monoisotopic (exact) mass is 600 g/mol. The van der Waals surface area contributed by atoms with E-state index in [-0.39, 0.29) is 11.6 Å². The molecular formula is C30H44N6O3S2. The molecule has 0 aromatic carbocycles. The number of nitrogens with one attached hydrogen (secondary N) is 3. The second-order valence-electron chi connectivity index (χ2n) is 11.2. The largest absolute Gasteiger partial charge is 0.477 e. The maximum Gasteiger partial charge on any atom is 0.352 e. The minimum absolute atomic E-state index is 0.0124. The molecule has 224 valence electrons. The first-order valence-corrected chi connectivity index (χ1v) is 16.6. The number of aromatic carboxylic acids is 1. The van der Waals surface area contributed by atoms with E-state index in [4.69, 9.17) is 10.8 Å². The van der Waals surface area contributed by atoms with Crippen LogP contribution in [0.25, 0.3) is 20.7 Å². The summed E-state index contributed by atoms with van der Waals surface area (Å²) in [7, 11) is 0. The third-order valence-corrected chi connectivity index (χ3v) is 9.45. The van der Waals surface area contributed by atoms with Crippen LogP contribution in [0.1, 0.15) is 121 Å². The van der Waals surface area contributed by atoms with E-state index in [9.17, 15) is 9.59 Å². The number of hydrogen-bond donors (Lipinski definition) is 5. The average molecular weight is 601 g/mol. The van der Waals surface area contributed by atoms with E-state index in [1.54, 1.807) is 17.4 Å². The molecule has 6 N–H and O–H groups in total. The van der Waals surface area contributed by atoms with Gasteiger partial charge in [-0.15, -0.1) is 22.7 Å². The number of aryl methyl sites for hydroxylation is 2. The quantitative estimate of drug-likeness (QED) is 0.165. The highest BCUT2D eigenvalue weighted by molar-refractivity contribution is 7.18. The molecule has 6 rings (SSSR count). The number of fused-ring (bicyclic) bond motifs is 2.